The average molecular weight is 344 g/mol. The van der Waals surface area contributed by atoms with E-state index < -0.39 is 0 Å². The fourth-order valence-corrected chi connectivity index (χ4v) is 2.44. The van der Waals surface area contributed by atoms with Gasteiger partial charge >= 0.3 is 0 Å². The van der Waals surface area contributed by atoms with Crippen LogP contribution in [0.15, 0.2) is 42.5 Å². The van der Waals surface area contributed by atoms with Crippen molar-refractivity contribution in [2.75, 3.05) is 20.3 Å². The molecule has 0 amide bonds. The number of ether oxygens (including phenoxy) is 2. The highest BCUT2D eigenvalue weighted by molar-refractivity contribution is 7.80. The molecule has 0 saturated heterocycles. The van der Waals surface area contributed by atoms with Crippen LogP contribution in [-0.4, -0.2) is 25.4 Å². The van der Waals surface area contributed by atoms with E-state index in [2.05, 4.69) is 34.9 Å². The second-order valence-corrected chi connectivity index (χ2v) is 5.56. The van der Waals surface area contributed by atoms with Gasteiger partial charge in [0.05, 0.1) is 13.2 Å². The third-order valence-corrected chi connectivity index (χ3v) is 3.86. The van der Waals surface area contributed by atoms with Crippen LogP contribution in [0.4, 0.5) is 0 Å². The highest BCUT2D eigenvalue weighted by atomic mass is 32.1. The first-order chi connectivity index (χ1) is 11.7. The first kappa shape index (κ1) is 18.1. The molecule has 0 aliphatic carbocycles. The molecule has 0 atom stereocenters. The summed E-state index contributed by atoms with van der Waals surface area (Å²) in [6.07, 6.45) is 0. The molecular formula is C19H24N2O2S. The van der Waals surface area contributed by atoms with E-state index in [0.717, 1.165) is 28.2 Å². The van der Waals surface area contributed by atoms with Crippen LogP contribution in [0.5, 0.6) is 11.5 Å². The molecule has 0 heterocycles. The van der Waals surface area contributed by atoms with Crippen molar-refractivity contribution < 1.29 is 9.47 Å². The summed E-state index contributed by atoms with van der Waals surface area (Å²) in [5.74, 6) is 1.74. The van der Waals surface area contributed by atoms with E-state index in [1.807, 2.05) is 32.0 Å². The zero-order valence-corrected chi connectivity index (χ0v) is 15.2. The van der Waals surface area contributed by atoms with Gasteiger partial charge in [0, 0.05) is 19.2 Å². The van der Waals surface area contributed by atoms with Gasteiger partial charge in [0.15, 0.2) is 5.11 Å². The van der Waals surface area contributed by atoms with E-state index in [4.69, 9.17) is 21.7 Å². The fourth-order valence-electron chi connectivity index (χ4n) is 2.37. The van der Waals surface area contributed by atoms with Gasteiger partial charge < -0.3 is 20.1 Å². The van der Waals surface area contributed by atoms with Crippen LogP contribution < -0.4 is 20.1 Å². The topological polar surface area (TPSA) is 42.5 Å². The largest absolute Gasteiger partial charge is 0.494 e. The zero-order chi connectivity index (χ0) is 17.4. The second kappa shape index (κ2) is 9.13. The zero-order valence-electron chi connectivity index (χ0n) is 14.4. The Labute approximate surface area is 149 Å². The lowest BCUT2D eigenvalue weighted by molar-refractivity contribution is 0.336. The smallest absolute Gasteiger partial charge is 0.166 e. The lowest BCUT2D eigenvalue weighted by Gasteiger charge is -2.14. The highest BCUT2D eigenvalue weighted by Crippen LogP contribution is 2.29. The number of nitrogens with one attached hydrogen (secondary N) is 2. The minimum absolute atomic E-state index is 0.617. The summed E-state index contributed by atoms with van der Waals surface area (Å²) in [4.78, 5) is 0. The Morgan fingerprint density at radius 1 is 1.00 bits per heavy atom. The lowest BCUT2D eigenvalue weighted by atomic mass is 10.0. The summed E-state index contributed by atoms with van der Waals surface area (Å²) in [7, 11) is 1.80. The van der Waals surface area contributed by atoms with Gasteiger partial charge in [0.2, 0.25) is 0 Å². The molecule has 0 bridgehead atoms. The fraction of sp³-hybridized carbons (Fsp3) is 0.316. The van der Waals surface area contributed by atoms with Crippen molar-refractivity contribution in [3.63, 3.8) is 0 Å². The number of hydrogen-bond donors (Lipinski definition) is 2. The summed E-state index contributed by atoms with van der Waals surface area (Å²) < 4.78 is 11.4. The molecule has 0 unspecified atom stereocenters. The van der Waals surface area contributed by atoms with Crippen molar-refractivity contribution in [3.8, 4) is 22.6 Å². The second-order valence-electron chi connectivity index (χ2n) is 5.15. The molecular weight excluding hydrogens is 320 g/mol. The lowest BCUT2D eigenvalue weighted by Crippen LogP contribution is -2.31. The molecule has 24 heavy (non-hydrogen) atoms. The van der Waals surface area contributed by atoms with Crippen molar-refractivity contribution in [2.45, 2.75) is 20.4 Å². The maximum Gasteiger partial charge on any atom is 0.166 e. The van der Waals surface area contributed by atoms with Crippen LogP contribution in [0, 0.1) is 0 Å². The van der Waals surface area contributed by atoms with Crippen molar-refractivity contribution >= 4 is 17.3 Å². The van der Waals surface area contributed by atoms with Crippen LogP contribution in [0.25, 0.3) is 11.1 Å². The molecule has 0 radical (unpaired) electrons. The first-order valence-corrected chi connectivity index (χ1v) is 8.53. The molecule has 4 nitrogen and oxygen atoms in total. The predicted octanol–water partition coefficient (Wildman–Crippen LogP) is 3.74. The molecule has 2 N–H and O–H groups in total. The van der Waals surface area contributed by atoms with Gasteiger partial charge in [0.1, 0.15) is 11.5 Å². The Morgan fingerprint density at radius 2 is 1.75 bits per heavy atom. The third kappa shape index (κ3) is 4.86. The molecule has 0 spiro atoms. The normalized spacial score (nSPS) is 10.1. The molecule has 0 saturated carbocycles. The third-order valence-electron chi connectivity index (χ3n) is 3.51. The summed E-state index contributed by atoms with van der Waals surface area (Å²) in [5.41, 5.74) is 3.27. The van der Waals surface area contributed by atoms with E-state index in [0.29, 0.717) is 24.9 Å². The molecule has 0 aromatic heterocycles. The molecule has 128 valence electrons. The van der Waals surface area contributed by atoms with E-state index in [-0.39, 0.29) is 0 Å². The SMILES string of the molecule is CCOc1cccc(-c2ccc(CNC(=S)NC)c(OCC)c2)c1. The summed E-state index contributed by atoms with van der Waals surface area (Å²) in [6.45, 7) is 5.86. The minimum Gasteiger partial charge on any atom is -0.494 e. The highest BCUT2D eigenvalue weighted by Gasteiger charge is 2.08. The Hall–Kier alpha value is -2.27. The van der Waals surface area contributed by atoms with E-state index in [1.165, 1.54) is 0 Å². The Morgan fingerprint density at radius 3 is 2.46 bits per heavy atom. The van der Waals surface area contributed by atoms with Crippen molar-refractivity contribution in [3.05, 3.63) is 48.0 Å². The number of hydrogen-bond acceptors (Lipinski definition) is 3. The van der Waals surface area contributed by atoms with Crippen LogP contribution in [0.1, 0.15) is 19.4 Å². The number of benzene rings is 2. The molecule has 5 heteroatoms. The monoisotopic (exact) mass is 344 g/mol. The van der Waals surface area contributed by atoms with Gasteiger partial charge in [-0.25, -0.2) is 0 Å². The summed E-state index contributed by atoms with van der Waals surface area (Å²) >= 11 is 5.13. The van der Waals surface area contributed by atoms with Gasteiger partial charge in [-0.1, -0.05) is 24.3 Å². The summed E-state index contributed by atoms with van der Waals surface area (Å²) in [5, 5.41) is 6.68. The maximum absolute atomic E-state index is 5.81. The molecule has 0 fully saturated rings. The maximum atomic E-state index is 5.81. The molecule has 0 aliphatic heterocycles. The predicted molar refractivity (Wildman–Crippen MR) is 103 cm³/mol. The molecule has 2 aromatic carbocycles. The van der Waals surface area contributed by atoms with E-state index >= 15 is 0 Å². The Bertz CT molecular complexity index is 689. The number of rotatable bonds is 7. The van der Waals surface area contributed by atoms with Crippen LogP contribution in [0.2, 0.25) is 0 Å². The van der Waals surface area contributed by atoms with Crippen molar-refractivity contribution in [1.82, 2.24) is 10.6 Å². The van der Waals surface area contributed by atoms with Crippen LogP contribution in [-0.2, 0) is 6.54 Å². The van der Waals surface area contributed by atoms with Crippen molar-refractivity contribution in [1.29, 1.82) is 0 Å². The van der Waals surface area contributed by atoms with Crippen LogP contribution >= 0.6 is 12.2 Å². The van der Waals surface area contributed by atoms with Gasteiger partial charge in [0.25, 0.3) is 0 Å². The van der Waals surface area contributed by atoms with Gasteiger partial charge in [-0.15, -0.1) is 0 Å². The van der Waals surface area contributed by atoms with Gasteiger partial charge in [-0.2, -0.15) is 0 Å². The molecule has 0 aliphatic rings. The van der Waals surface area contributed by atoms with Gasteiger partial charge in [-0.05, 0) is 55.4 Å². The Balaban J connectivity index is 2.27. The van der Waals surface area contributed by atoms with E-state index in [9.17, 15) is 0 Å². The van der Waals surface area contributed by atoms with Gasteiger partial charge in [-0.3, -0.25) is 0 Å². The summed E-state index contributed by atoms with van der Waals surface area (Å²) in [6, 6.07) is 14.3. The molecule has 2 aromatic rings. The minimum atomic E-state index is 0.617. The first-order valence-electron chi connectivity index (χ1n) is 8.12. The molecule has 2 rings (SSSR count). The van der Waals surface area contributed by atoms with E-state index in [1.54, 1.807) is 7.05 Å². The van der Waals surface area contributed by atoms with Crippen LogP contribution in [0.3, 0.4) is 0 Å². The van der Waals surface area contributed by atoms with Crippen molar-refractivity contribution in [2.24, 2.45) is 0 Å². The quantitative estimate of drug-likeness (QED) is 0.749. The standard InChI is InChI=1S/C19H24N2O2S/c1-4-22-17-8-6-7-14(11-17)15-9-10-16(13-21-19(24)20-3)18(12-15)23-5-2/h6-12H,4-5,13H2,1-3H3,(H2,20,21,24). The number of thiocarbonyl (C=S) groups is 1. The Kier molecular flexibility index (Phi) is 6.88. The average Bonchev–Trinajstić information content (AvgIpc) is 2.61.